The minimum absolute atomic E-state index is 0.760. The van der Waals surface area contributed by atoms with Gasteiger partial charge in [-0.2, -0.15) is 0 Å². The summed E-state index contributed by atoms with van der Waals surface area (Å²) in [7, 11) is 0. The van der Waals surface area contributed by atoms with Crippen molar-refractivity contribution in [2.45, 2.75) is 51.9 Å². The van der Waals surface area contributed by atoms with Gasteiger partial charge in [0.25, 0.3) is 0 Å². The van der Waals surface area contributed by atoms with E-state index in [0.29, 0.717) is 0 Å². The summed E-state index contributed by atoms with van der Waals surface area (Å²) in [6.45, 7) is 6.13. The highest BCUT2D eigenvalue weighted by Crippen LogP contribution is 2.70. The van der Waals surface area contributed by atoms with Crippen molar-refractivity contribution in [3.8, 4) is 0 Å². The maximum Gasteiger partial charge on any atom is -0.0168 e. The van der Waals surface area contributed by atoms with Gasteiger partial charge in [0.2, 0.25) is 0 Å². The van der Waals surface area contributed by atoms with Crippen molar-refractivity contribution in [3.05, 3.63) is 36.5 Å². The maximum atomic E-state index is 3.79. The first kappa shape index (κ1) is 12.3. The predicted molar refractivity (Wildman–Crippen MR) is 78.3 cm³/mol. The van der Waals surface area contributed by atoms with Gasteiger partial charge in [-0.05, 0) is 75.0 Å². The van der Waals surface area contributed by atoms with Crippen LogP contribution >= 0.6 is 0 Å². The molecule has 2 bridgehead atoms. The molecule has 3 unspecified atom stereocenters. The fourth-order valence-corrected chi connectivity index (χ4v) is 4.43. The smallest absolute Gasteiger partial charge is 0.0168 e. The molecule has 0 saturated heterocycles. The summed E-state index contributed by atoms with van der Waals surface area (Å²) >= 11 is 0. The summed E-state index contributed by atoms with van der Waals surface area (Å²) in [5, 5.41) is 0. The summed E-state index contributed by atoms with van der Waals surface area (Å²) in [6, 6.07) is 0. The van der Waals surface area contributed by atoms with Crippen LogP contribution in [0.2, 0.25) is 0 Å². The zero-order chi connectivity index (χ0) is 12.6. The van der Waals surface area contributed by atoms with Crippen LogP contribution in [0.4, 0.5) is 0 Å². The van der Waals surface area contributed by atoms with Crippen LogP contribution in [0, 0.1) is 23.2 Å². The minimum Gasteiger partial charge on any atom is -0.103 e. The average Bonchev–Trinajstić information content (AvgIpc) is 2.91. The van der Waals surface area contributed by atoms with Gasteiger partial charge in [0.1, 0.15) is 0 Å². The summed E-state index contributed by atoms with van der Waals surface area (Å²) in [5.41, 5.74) is 2.40. The van der Waals surface area contributed by atoms with E-state index in [-0.39, 0.29) is 0 Å². The fraction of sp³-hybridized carbons (Fsp3) is 0.667. The van der Waals surface area contributed by atoms with Crippen LogP contribution in [0.15, 0.2) is 36.5 Å². The van der Waals surface area contributed by atoms with E-state index < -0.39 is 0 Å². The van der Waals surface area contributed by atoms with Gasteiger partial charge in [0, 0.05) is 0 Å². The monoisotopic (exact) mass is 242 g/mol. The highest BCUT2D eigenvalue weighted by Gasteiger charge is 2.61. The molecule has 0 radical (unpaired) electrons. The van der Waals surface area contributed by atoms with Crippen LogP contribution in [0.25, 0.3) is 0 Å². The number of allylic oxidation sites excluding steroid dienone is 5. The molecule has 0 aromatic rings. The van der Waals surface area contributed by atoms with Gasteiger partial charge in [0.15, 0.2) is 0 Å². The van der Waals surface area contributed by atoms with Crippen LogP contribution in [0.3, 0.4) is 0 Å². The topological polar surface area (TPSA) is 0 Å². The molecule has 0 aliphatic heterocycles. The molecule has 3 atom stereocenters. The molecular formula is C18H26. The van der Waals surface area contributed by atoms with Crippen molar-refractivity contribution in [2.24, 2.45) is 23.2 Å². The quantitative estimate of drug-likeness (QED) is 0.439. The van der Waals surface area contributed by atoms with Gasteiger partial charge in [-0.15, -0.1) is 6.58 Å². The molecule has 1 spiro atoms. The summed E-state index contributed by atoms with van der Waals surface area (Å²) in [6.07, 6.45) is 19.1. The Balaban J connectivity index is 1.56. The lowest BCUT2D eigenvalue weighted by molar-refractivity contribution is 0.282. The highest BCUT2D eigenvalue weighted by molar-refractivity contribution is 5.25. The molecule has 98 valence electrons. The molecule has 0 aromatic carbocycles. The Morgan fingerprint density at radius 1 is 1.33 bits per heavy atom. The van der Waals surface area contributed by atoms with Gasteiger partial charge in [-0.3, -0.25) is 0 Å². The molecule has 0 amide bonds. The van der Waals surface area contributed by atoms with E-state index in [2.05, 4.69) is 31.7 Å². The van der Waals surface area contributed by atoms with E-state index in [1.54, 1.807) is 5.57 Å². The summed E-state index contributed by atoms with van der Waals surface area (Å²) < 4.78 is 0. The van der Waals surface area contributed by atoms with Gasteiger partial charge >= 0.3 is 0 Å². The lowest BCUT2D eigenvalue weighted by Crippen LogP contribution is -2.21. The second-order valence-corrected chi connectivity index (χ2v) is 6.70. The molecule has 0 nitrogen and oxygen atoms in total. The van der Waals surface area contributed by atoms with Crippen molar-refractivity contribution in [1.82, 2.24) is 0 Å². The average molecular weight is 242 g/mol. The number of fused-ring (bicyclic) bond motifs is 3. The van der Waals surface area contributed by atoms with Gasteiger partial charge in [-0.1, -0.05) is 29.9 Å². The van der Waals surface area contributed by atoms with E-state index in [1.807, 2.05) is 6.08 Å². The van der Waals surface area contributed by atoms with Crippen molar-refractivity contribution < 1.29 is 0 Å². The van der Waals surface area contributed by atoms with E-state index in [4.69, 9.17) is 0 Å². The largest absolute Gasteiger partial charge is 0.103 e. The predicted octanol–water partition coefficient (Wildman–Crippen LogP) is 5.28. The normalized spacial score (nSPS) is 35.4. The first-order chi connectivity index (χ1) is 8.76. The standard InChI is InChI=1S/C18H26/c1-3-4-5-6-7-14(2)12-17-15-8-9-16(13-15)18(17)10-11-18/h3,7-9,15-17H,1,4-6,10-13H2,2H3. The molecule has 0 N–H and O–H groups in total. The Kier molecular flexibility index (Phi) is 3.21. The van der Waals surface area contributed by atoms with E-state index in [0.717, 1.165) is 29.6 Å². The number of rotatable bonds is 6. The molecule has 3 rings (SSSR count). The highest BCUT2D eigenvalue weighted by atomic mass is 14.7. The third-order valence-electron chi connectivity index (χ3n) is 5.58. The molecule has 3 aliphatic carbocycles. The molecule has 0 heterocycles. The molecule has 3 aliphatic rings. The van der Waals surface area contributed by atoms with E-state index in [1.165, 1.54) is 38.5 Å². The van der Waals surface area contributed by atoms with Crippen LogP contribution < -0.4 is 0 Å². The van der Waals surface area contributed by atoms with E-state index in [9.17, 15) is 0 Å². The van der Waals surface area contributed by atoms with Crippen molar-refractivity contribution in [1.29, 1.82) is 0 Å². The molecule has 18 heavy (non-hydrogen) atoms. The number of hydrogen-bond donors (Lipinski definition) is 0. The lowest BCUT2D eigenvalue weighted by atomic mass is 9.76. The molecule has 0 heteroatoms. The van der Waals surface area contributed by atoms with E-state index >= 15 is 0 Å². The Hall–Kier alpha value is -0.780. The number of unbranched alkanes of at least 4 members (excludes halogenated alkanes) is 2. The minimum atomic E-state index is 0.760. The fourth-order valence-electron chi connectivity index (χ4n) is 4.43. The van der Waals surface area contributed by atoms with Gasteiger partial charge < -0.3 is 0 Å². The van der Waals surface area contributed by atoms with Crippen molar-refractivity contribution in [3.63, 3.8) is 0 Å². The lowest BCUT2D eigenvalue weighted by Gasteiger charge is -2.28. The zero-order valence-corrected chi connectivity index (χ0v) is 11.7. The SMILES string of the molecule is C=CCCCC=C(C)CC1C2C=CC(C2)C12CC2. The third-order valence-corrected chi connectivity index (χ3v) is 5.58. The molecular weight excluding hydrogens is 216 g/mol. The van der Waals surface area contributed by atoms with Crippen LogP contribution in [-0.4, -0.2) is 0 Å². The Bertz CT molecular complexity index is 381. The third kappa shape index (κ3) is 2.00. The summed E-state index contributed by atoms with van der Waals surface area (Å²) in [5.74, 6) is 2.83. The van der Waals surface area contributed by atoms with Crippen LogP contribution in [0.1, 0.15) is 51.9 Å². The van der Waals surface area contributed by atoms with Crippen molar-refractivity contribution in [2.75, 3.05) is 0 Å². The first-order valence-corrected chi connectivity index (χ1v) is 7.71. The maximum absolute atomic E-state index is 3.79. The van der Waals surface area contributed by atoms with Crippen LogP contribution in [0.5, 0.6) is 0 Å². The Morgan fingerprint density at radius 3 is 2.89 bits per heavy atom. The molecule has 2 fully saturated rings. The number of hydrogen-bond acceptors (Lipinski definition) is 0. The Morgan fingerprint density at radius 2 is 2.17 bits per heavy atom. The van der Waals surface area contributed by atoms with Crippen LogP contribution in [-0.2, 0) is 0 Å². The Labute approximate surface area is 112 Å². The van der Waals surface area contributed by atoms with Gasteiger partial charge in [-0.25, -0.2) is 0 Å². The second-order valence-electron chi connectivity index (χ2n) is 6.70. The zero-order valence-electron chi connectivity index (χ0n) is 11.7. The second kappa shape index (κ2) is 4.72. The van der Waals surface area contributed by atoms with Gasteiger partial charge in [0.05, 0.1) is 0 Å². The molecule has 2 saturated carbocycles. The van der Waals surface area contributed by atoms with Crippen molar-refractivity contribution >= 4 is 0 Å². The molecule has 0 aromatic heterocycles. The first-order valence-electron chi connectivity index (χ1n) is 7.71. The summed E-state index contributed by atoms with van der Waals surface area (Å²) in [4.78, 5) is 0.